The average molecular weight is 235 g/mol. The topological polar surface area (TPSA) is 60.2 Å². The van der Waals surface area contributed by atoms with Gasteiger partial charge in [-0.25, -0.2) is 0 Å². The predicted octanol–water partition coefficient (Wildman–Crippen LogP) is 2.49. The number of benzene rings is 1. The third-order valence-corrected chi connectivity index (χ3v) is 2.48. The molecule has 0 radical (unpaired) electrons. The lowest BCUT2D eigenvalue weighted by molar-refractivity contribution is -0.495. The summed E-state index contributed by atoms with van der Waals surface area (Å²) < 4.78 is 0. The third-order valence-electron chi connectivity index (χ3n) is 2.48. The Bertz CT molecular complexity index is 398. The van der Waals surface area contributed by atoms with E-state index in [4.69, 9.17) is 0 Å². The maximum absolute atomic E-state index is 11.8. The van der Waals surface area contributed by atoms with Gasteiger partial charge in [0.2, 0.25) is 6.54 Å². The van der Waals surface area contributed by atoms with Crippen LogP contribution in [-0.4, -0.2) is 17.3 Å². The van der Waals surface area contributed by atoms with Crippen LogP contribution in [-0.2, 0) is 11.2 Å². The van der Waals surface area contributed by atoms with Crippen LogP contribution in [0.4, 0.5) is 0 Å². The van der Waals surface area contributed by atoms with Gasteiger partial charge in [-0.05, 0) is 5.56 Å². The molecule has 0 saturated carbocycles. The molecule has 0 fully saturated rings. The van der Waals surface area contributed by atoms with Crippen LogP contribution in [0.25, 0.3) is 0 Å². The van der Waals surface area contributed by atoms with Crippen molar-refractivity contribution in [3.63, 3.8) is 0 Å². The van der Waals surface area contributed by atoms with Crippen molar-refractivity contribution in [2.45, 2.75) is 26.7 Å². The fraction of sp³-hybridized carbons (Fsp3) is 0.462. The van der Waals surface area contributed by atoms with Crippen molar-refractivity contribution in [2.75, 3.05) is 6.54 Å². The van der Waals surface area contributed by atoms with Gasteiger partial charge in [-0.15, -0.1) is 0 Å². The van der Waals surface area contributed by atoms with Gasteiger partial charge >= 0.3 is 0 Å². The normalized spacial score (nSPS) is 11.2. The van der Waals surface area contributed by atoms with Gasteiger partial charge in [0, 0.05) is 23.2 Å². The number of carbonyl (C=O) groups excluding carboxylic acids is 1. The van der Waals surface area contributed by atoms with E-state index >= 15 is 0 Å². The molecule has 0 aliphatic heterocycles. The van der Waals surface area contributed by atoms with Gasteiger partial charge in [-0.1, -0.05) is 44.2 Å². The van der Waals surface area contributed by atoms with Crippen LogP contribution < -0.4 is 0 Å². The zero-order valence-corrected chi connectivity index (χ0v) is 10.2. The van der Waals surface area contributed by atoms with Crippen molar-refractivity contribution in [3.05, 3.63) is 46.0 Å². The molecule has 0 N–H and O–H groups in total. The molecule has 0 aromatic heterocycles. The van der Waals surface area contributed by atoms with Crippen LogP contribution in [0, 0.1) is 15.5 Å². The number of nitro groups is 1. The molecule has 0 aliphatic carbocycles. The number of nitrogens with zero attached hydrogens (tertiary/aromatic N) is 1. The highest BCUT2D eigenvalue weighted by Gasteiger charge is 2.27. The molecule has 17 heavy (non-hydrogen) atoms. The van der Waals surface area contributed by atoms with Gasteiger partial charge < -0.3 is 0 Å². The summed E-state index contributed by atoms with van der Waals surface area (Å²) in [6, 6.07) is 9.43. The summed E-state index contributed by atoms with van der Waals surface area (Å²) in [5.41, 5.74) is 0.379. The van der Waals surface area contributed by atoms with Crippen LogP contribution in [0.3, 0.4) is 0 Å². The van der Waals surface area contributed by atoms with Crippen LogP contribution in [0.1, 0.15) is 25.8 Å². The highest BCUT2D eigenvalue weighted by Crippen LogP contribution is 2.21. The molecular weight excluding hydrogens is 218 g/mol. The Morgan fingerprint density at radius 3 is 2.41 bits per heavy atom. The first kappa shape index (κ1) is 13.4. The molecular formula is C13H17NO3. The second-order valence-corrected chi connectivity index (χ2v) is 5.03. The molecule has 4 nitrogen and oxygen atoms in total. The van der Waals surface area contributed by atoms with Crippen molar-refractivity contribution in [1.82, 2.24) is 0 Å². The van der Waals surface area contributed by atoms with Crippen molar-refractivity contribution in [1.29, 1.82) is 0 Å². The Kier molecular flexibility index (Phi) is 4.37. The van der Waals surface area contributed by atoms with E-state index in [9.17, 15) is 14.9 Å². The molecule has 0 heterocycles. The minimum Gasteiger partial charge on any atom is -0.299 e. The minimum atomic E-state index is -0.574. The van der Waals surface area contributed by atoms with Gasteiger partial charge in [0.15, 0.2) is 0 Å². The van der Waals surface area contributed by atoms with Crippen LogP contribution in [0.5, 0.6) is 0 Å². The van der Waals surface area contributed by atoms with E-state index in [1.165, 1.54) is 0 Å². The summed E-state index contributed by atoms with van der Waals surface area (Å²) >= 11 is 0. The van der Waals surface area contributed by atoms with Crippen LogP contribution in [0.2, 0.25) is 0 Å². The van der Waals surface area contributed by atoms with Gasteiger partial charge in [-0.2, -0.15) is 0 Å². The minimum absolute atomic E-state index is 0.0445. The number of carbonyl (C=O) groups is 1. The summed E-state index contributed by atoms with van der Waals surface area (Å²) in [6.07, 6.45) is 0.588. The molecule has 0 atom stereocenters. The highest BCUT2D eigenvalue weighted by atomic mass is 16.6. The average Bonchev–Trinajstić information content (AvgIpc) is 2.15. The zero-order chi connectivity index (χ0) is 12.9. The van der Waals surface area contributed by atoms with E-state index < -0.39 is 5.41 Å². The molecule has 1 aromatic carbocycles. The molecule has 4 heteroatoms. The fourth-order valence-corrected chi connectivity index (χ4v) is 1.83. The number of ketones is 1. The molecule has 0 bridgehead atoms. The standard InChI is InChI=1S/C13H17NO3/c1-13(2,10-14(16)17)9-12(15)8-11-6-4-3-5-7-11/h3-7H,8-10H2,1-2H3. The Morgan fingerprint density at radius 2 is 1.88 bits per heavy atom. The van der Waals surface area contributed by atoms with Gasteiger partial charge in [-0.3, -0.25) is 14.9 Å². The predicted molar refractivity (Wildman–Crippen MR) is 65.4 cm³/mol. The number of hydrogen-bond donors (Lipinski definition) is 0. The largest absolute Gasteiger partial charge is 0.299 e. The van der Waals surface area contributed by atoms with Crippen molar-refractivity contribution < 1.29 is 9.72 Å². The van der Waals surface area contributed by atoms with E-state index in [-0.39, 0.29) is 23.7 Å². The summed E-state index contributed by atoms with van der Waals surface area (Å²) in [4.78, 5) is 21.9. The van der Waals surface area contributed by atoms with Crippen LogP contribution in [0.15, 0.2) is 30.3 Å². The summed E-state index contributed by atoms with van der Waals surface area (Å²) in [5, 5.41) is 10.4. The summed E-state index contributed by atoms with van der Waals surface area (Å²) in [7, 11) is 0. The lowest BCUT2D eigenvalue weighted by Gasteiger charge is -2.18. The van der Waals surface area contributed by atoms with Gasteiger partial charge in [0.05, 0.1) is 0 Å². The quantitative estimate of drug-likeness (QED) is 0.562. The van der Waals surface area contributed by atoms with Gasteiger partial charge in [0.1, 0.15) is 5.78 Å². The summed E-state index contributed by atoms with van der Waals surface area (Å²) in [5.74, 6) is 0.0445. The first-order chi connectivity index (χ1) is 7.89. The number of rotatable bonds is 6. The van der Waals surface area contributed by atoms with Crippen molar-refractivity contribution in [3.8, 4) is 0 Å². The summed E-state index contributed by atoms with van der Waals surface area (Å²) in [6.45, 7) is 3.32. The Morgan fingerprint density at radius 1 is 1.29 bits per heavy atom. The molecule has 92 valence electrons. The Labute approximate surface area is 101 Å². The first-order valence-corrected chi connectivity index (χ1v) is 5.56. The number of Topliss-reactive ketones (excluding diaryl/α,β-unsaturated/α-hetero) is 1. The molecule has 0 unspecified atom stereocenters. The lowest BCUT2D eigenvalue weighted by Crippen LogP contribution is -2.26. The fourth-order valence-electron chi connectivity index (χ4n) is 1.83. The molecule has 0 saturated heterocycles. The van der Waals surface area contributed by atoms with Crippen molar-refractivity contribution in [2.24, 2.45) is 5.41 Å². The first-order valence-electron chi connectivity index (χ1n) is 5.56. The monoisotopic (exact) mass is 235 g/mol. The van der Waals surface area contributed by atoms with Crippen LogP contribution >= 0.6 is 0 Å². The second kappa shape index (κ2) is 5.57. The van der Waals surface area contributed by atoms with Crippen molar-refractivity contribution >= 4 is 5.78 Å². The number of hydrogen-bond acceptors (Lipinski definition) is 3. The van der Waals surface area contributed by atoms with Gasteiger partial charge in [0.25, 0.3) is 0 Å². The third kappa shape index (κ3) is 5.24. The highest BCUT2D eigenvalue weighted by molar-refractivity contribution is 5.81. The second-order valence-electron chi connectivity index (χ2n) is 5.03. The SMILES string of the molecule is CC(C)(CC(=O)Cc1ccccc1)C[N+](=O)[O-]. The molecule has 0 aliphatic rings. The smallest absolute Gasteiger partial charge is 0.209 e. The maximum Gasteiger partial charge on any atom is 0.209 e. The van der Waals surface area contributed by atoms with E-state index in [0.29, 0.717) is 6.42 Å². The van der Waals surface area contributed by atoms with E-state index in [0.717, 1.165) is 5.56 Å². The Hall–Kier alpha value is -1.71. The zero-order valence-electron chi connectivity index (χ0n) is 10.2. The molecule has 0 spiro atoms. The molecule has 1 rings (SSSR count). The van der Waals surface area contributed by atoms with E-state index in [1.807, 2.05) is 30.3 Å². The van der Waals surface area contributed by atoms with E-state index in [1.54, 1.807) is 13.8 Å². The van der Waals surface area contributed by atoms with E-state index in [2.05, 4.69) is 0 Å². The lowest BCUT2D eigenvalue weighted by atomic mass is 9.86. The molecule has 0 amide bonds. The Balaban J connectivity index is 2.52. The molecule has 1 aromatic rings. The maximum atomic E-state index is 11.8.